The maximum atomic E-state index is 13.6. The van der Waals surface area contributed by atoms with Gasteiger partial charge in [-0.3, -0.25) is 19.2 Å². The van der Waals surface area contributed by atoms with Crippen molar-refractivity contribution >= 4 is 131 Å². The Labute approximate surface area is 767 Å². The molecule has 0 radical (unpaired) electrons. The Morgan fingerprint density at radius 3 is 0.930 bits per heavy atom. The van der Waals surface area contributed by atoms with E-state index in [9.17, 15) is 19.2 Å². The second kappa shape index (κ2) is 33.1. The molecular formula is C93H117B4N17O12S3. The number of aryl methyl sites for hydroxylation is 3. The van der Waals surface area contributed by atoms with Crippen molar-refractivity contribution in [2.24, 2.45) is 0 Å². The van der Waals surface area contributed by atoms with Crippen molar-refractivity contribution < 1.29 is 56.4 Å². The molecule has 676 valence electrons. The van der Waals surface area contributed by atoms with E-state index in [-0.39, 0.29) is 47.8 Å². The van der Waals surface area contributed by atoms with Crippen LogP contribution in [0.2, 0.25) is 0 Å². The van der Waals surface area contributed by atoms with E-state index < -0.39 is 73.3 Å². The molecule has 1 aliphatic carbocycles. The third-order valence-electron chi connectivity index (χ3n) is 29.2. The minimum Gasteiger partial charge on any atom is -0.398 e. The lowest BCUT2D eigenvalue weighted by molar-refractivity contribution is 0.00578. The molecule has 1 saturated carbocycles. The number of amides is 4. The Hall–Kier alpha value is -9.32. The van der Waals surface area contributed by atoms with E-state index in [4.69, 9.17) is 77.6 Å². The van der Waals surface area contributed by atoms with Crippen LogP contribution in [0.3, 0.4) is 0 Å². The highest BCUT2D eigenvalue weighted by Crippen LogP contribution is 2.45. The third kappa shape index (κ3) is 16.2. The largest absolute Gasteiger partial charge is 0.516 e. The summed E-state index contributed by atoms with van der Waals surface area (Å²) in [5.74, 6) is 0.271. The van der Waals surface area contributed by atoms with Gasteiger partial charge in [-0.25, -0.2) is 38.0 Å². The van der Waals surface area contributed by atoms with Crippen LogP contribution in [-0.2, 0) is 82.3 Å². The Morgan fingerprint density at radius 1 is 0.357 bits per heavy atom. The van der Waals surface area contributed by atoms with Crippen molar-refractivity contribution in [1.82, 2.24) is 82.6 Å². The molecule has 9 aliphatic rings. The van der Waals surface area contributed by atoms with Gasteiger partial charge in [-0.05, 0) is 277 Å². The first-order valence-electron chi connectivity index (χ1n) is 45.6. The first kappa shape index (κ1) is 90.2. The van der Waals surface area contributed by atoms with E-state index in [1.807, 2.05) is 189 Å². The van der Waals surface area contributed by atoms with Gasteiger partial charge in [-0.2, -0.15) is 20.4 Å². The summed E-state index contributed by atoms with van der Waals surface area (Å²) in [6, 6.07) is 25.7. The molecule has 0 bridgehead atoms. The molecule has 129 heavy (non-hydrogen) atoms. The van der Waals surface area contributed by atoms with E-state index >= 15 is 0 Å². The van der Waals surface area contributed by atoms with Gasteiger partial charge < -0.3 is 61.4 Å². The fourth-order valence-electron chi connectivity index (χ4n) is 18.2. The summed E-state index contributed by atoms with van der Waals surface area (Å²) < 4.78 is 58.9. The van der Waals surface area contributed by atoms with Gasteiger partial charge in [0.1, 0.15) is 22.8 Å². The number of nitrogens with zero attached hydrogens (tertiary/aromatic N) is 17. The Bertz CT molecular complexity index is 5860. The van der Waals surface area contributed by atoms with Crippen LogP contribution < -0.4 is 22.4 Å². The standard InChI is InChI=1S/C24H29BN4O3S.C23H30BN5O3.2C23H29BN4O3S/c1-14-16-9-11-33-19(16)8-10-28(14)22(30)17-12-18(15-6-7-15)29-21(26-17)13-20(27-29)25-31-23(2,3)24(4,5)32-25;1-7-16-13-17(21(30)28-12-11-27-10-8-9-18(27)15(28)2)25-20-14-19(26-29(16)20)24-31-22(3,4)23(5,6)32-24;2*1-7-15-12-17(21(29)27-10-8-18-16(14(27)2)9-11-32-18)25-20-13-19(26-28(15)20)24-30-22(3,4)23(5,6)31-24/h9,11-15H,6-8,10H2,1-5H3;8-10,13-15H,7,11-12H2,1-6H3;2*9,11-14H,7-8,10H2,1-6H3/t14-;;14-;/m1.1./s1. The van der Waals surface area contributed by atoms with Gasteiger partial charge in [0.2, 0.25) is 0 Å². The Morgan fingerprint density at radius 2 is 0.636 bits per heavy atom. The van der Waals surface area contributed by atoms with E-state index in [2.05, 4.69) is 99.6 Å². The highest BCUT2D eigenvalue weighted by atomic mass is 32.1. The fourth-order valence-corrected chi connectivity index (χ4v) is 21.1. The molecule has 2 unspecified atom stereocenters. The van der Waals surface area contributed by atoms with Gasteiger partial charge in [0, 0.05) is 112 Å². The van der Waals surface area contributed by atoms with Crippen LogP contribution in [0.4, 0.5) is 0 Å². The molecular weight excluding hydrogens is 1690 g/mol. The molecule has 5 fully saturated rings. The van der Waals surface area contributed by atoms with Crippen molar-refractivity contribution in [3.8, 4) is 0 Å². The van der Waals surface area contributed by atoms with Gasteiger partial charge in [-0.1, -0.05) is 20.8 Å². The third-order valence-corrected chi connectivity index (χ3v) is 32.2. The Kier molecular flexibility index (Phi) is 23.2. The molecule has 36 heteroatoms. The maximum absolute atomic E-state index is 13.6. The number of fused-ring (bicyclic) bond motifs is 8. The molecule has 0 aromatic carbocycles. The summed E-state index contributed by atoms with van der Waals surface area (Å²) in [6.07, 6.45) is 9.16. The first-order valence-corrected chi connectivity index (χ1v) is 48.2. The van der Waals surface area contributed by atoms with Crippen molar-refractivity contribution in [2.75, 3.05) is 26.2 Å². The highest BCUT2D eigenvalue weighted by molar-refractivity contribution is 7.10. The summed E-state index contributed by atoms with van der Waals surface area (Å²) >= 11 is 5.32. The average molecular weight is 1800 g/mol. The number of rotatable bonds is 12. The molecule has 20 heterocycles. The van der Waals surface area contributed by atoms with E-state index in [1.165, 1.54) is 31.3 Å². The summed E-state index contributed by atoms with van der Waals surface area (Å²) in [6.45, 7) is 50.5. The lowest BCUT2D eigenvalue weighted by Crippen LogP contribution is -2.41. The molecule has 4 atom stereocenters. The molecule has 4 saturated heterocycles. The summed E-state index contributed by atoms with van der Waals surface area (Å²) in [5.41, 5.74) is 12.3. The topological polar surface area (TPSA) is 281 Å². The van der Waals surface area contributed by atoms with Gasteiger partial charge in [-0.15, -0.1) is 34.0 Å². The lowest BCUT2D eigenvalue weighted by atomic mass is 9.85. The van der Waals surface area contributed by atoms with Crippen LogP contribution in [0.25, 0.3) is 22.6 Å². The molecule has 29 nitrogen and oxygen atoms in total. The number of carbonyl (C=O) groups excluding carboxylic acids is 4. The van der Waals surface area contributed by atoms with Crippen LogP contribution in [0, 0.1) is 0 Å². The van der Waals surface area contributed by atoms with Gasteiger partial charge in [0.05, 0.1) is 91.3 Å². The zero-order valence-electron chi connectivity index (χ0n) is 78.4. The average Bonchev–Trinajstić information content (AvgIpc) is 1.64. The van der Waals surface area contributed by atoms with Crippen LogP contribution in [0.5, 0.6) is 0 Å². The number of hydrogen-bond acceptors (Lipinski definition) is 23. The van der Waals surface area contributed by atoms with E-state index in [0.29, 0.717) is 93.3 Å². The van der Waals surface area contributed by atoms with Gasteiger partial charge in [0.15, 0.2) is 22.6 Å². The van der Waals surface area contributed by atoms with E-state index in [1.54, 1.807) is 47.6 Å². The van der Waals surface area contributed by atoms with Crippen LogP contribution in [-0.4, -0.2) is 206 Å². The number of aromatic nitrogens is 13. The van der Waals surface area contributed by atoms with Crippen molar-refractivity contribution in [3.63, 3.8) is 0 Å². The van der Waals surface area contributed by atoms with Crippen molar-refractivity contribution in [2.45, 2.75) is 292 Å². The van der Waals surface area contributed by atoms with Gasteiger partial charge in [0.25, 0.3) is 23.6 Å². The smallest absolute Gasteiger partial charge is 0.398 e. The number of thiophene rings is 3. The zero-order chi connectivity index (χ0) is 91.6. The summed E-state index contributed by atoms with van der Waals surface area (Å²) in [4.78, 5) is 84.7. The SMILES string of the molecule is CCc1cc(C(=O)N2CCc3sccc3C2C)nc2cc(B3OC(C)(C)C(C)(C)O3)nn12.CCc1cc(C(=O)N2CCc3sccc3[C@H]2C)nc2cc(B3OC(C)(C)C(C)(C)O3)nn12.CCc1cc(C(=O)N2CCn3cccc3C2C)nc2cc(B3OC(C)(C)C(C)(C)O3)nn12.C[C@@H]1c2ccsc2CCN1C(=O)c1cc(C2CC2)n2nc(B3OC(C)(C)C(C)(C)O3)cc2n1. The van der Waals surface area contributed by atoms with Crippen LogP contribution in [0.15, 0.2) is 101 Å². The number of hydrogen-bond donors (Lipinski definition) is 0. The minimum atomic E-state index is -0.569. The molecule has 21 rings (SSSR count). The summed E-state index contributed by atoms with van der Waals surface area (Å²) in [5, 5.41) is 25.3. The second-order valence-corrected chi connectivity index (χ2v) is 42.5. The Balaban J connectivity index is 0.000000116. The molecule has 12 aromatic rings. The van der Waals surface area contributed by atoms with Crippen LogP contribution >= 0.6 is 34.0 Å². The molecule has 4 amide bonds. The maximum Gasteiger partial charge on any atom is 0.516 e. The molecule has 8 aliphatic heterocycles. The summed E-state index contributed by atoms with van der Waals surface area (Å²) in [7, 11) is -2.25. The highest BCUT2D eigenvalue weighted by Gasteiger charge is 2.57. The quantitative estimate of drug-likeness (QED) is 0.103. The zero-order valence-corrected chi connectivity index (χ0v) is 80.9. The van der Waals surface area contributed by atoms with Crippen molar-refractivity contribution in [1.29, 1.82) is 0 Å². The first-order chi connectivity index (χ1) is 61.0. The predicted molar refractivity (Wildman–Crippen MR) is 501 cm³/mol. The van der Waals surface area contributed by atoms with Crippen LogP contribution in [0.1, 0.15) is 304 Å². The lowest BCUT2D eigenvalue weighted by Gasteiger charge is -2.34. The monoisotopic (exact) mass is 1800 g/mol. The molecule has 12 aromatic heterocycles. The minimum absolute atomic E-state index is 0.000392. The number of carbonyl (C=O) groups is 4. The normalized spacial score (nSPS) is 22.4. The second-order valence-electron chi connectivity index (χ2n) is 39.5. The molecule has 0 spiro atoms. The van der Waals surface area contributed by atoms with Gasteiger partial charge >= 0.3 is 28.5 Å². The molecule has 0 N–H and O–H groups in total. The van der Waals surface area contributed by atoms with E-state index in [0.717, 1.165) is 92.9 Å². The predicted octanol–water partition coefficient (Wildman–Crippen LogP) is 13.2. The fraction of sp³-hybridized carbons (Fsp3) is 0.527. The van der Waals surface area contributed by atoms with Crippen molar-refractivity contribution in [3.05, 3.63) is 184 Å².